The summed E-state index contributed by atoms with van der Waals surface area (Å²) in [6.45, 7) is -0.146. The third-order valence-electron chi connectivity index (χ3n) is 1.33. The fraction of sp³-hybridized carbons (Fsp3) is 1.00. The predicted molar refractivity (Wildman–Crippen MR) is 46.0 cm³/mol. The van der Waals surface area contributed by atoms with E-state index in [0.717, 1.165) is 0 Å². The fourth-order valence-electron chi connectivity index (χ4n) is 0.562. The second-order valence-electron chi connectivity index (χ2n) is 2.16. The van der Waals surface area contributed by atoms with Crippen LogP contribution in [-0.2, 0) is 10.1 Å². The standard InChI is InChI=1S/C4H12N2O3S2/c5-2-1-4(10,3-6)11(7,8)9/h10H,1-3,5-6H2,(H,7,8,9). The number of thiol groups is 1. The van der Waals surface area contributed by atoms with Crippen LogP contribution in [0.25, 0.3) is 0 Å². The van der Waals surface area contributed by atoms with Crippen LogP contribution in [0.15, 0.2) is 0 Å². The van der Waals surface area contributed by atoms with E-state index in [1.54, 1.807) is 0 Å². The van der Waals surface area contributed by atoms with Crippen LogP contribution in [0.4, 0.5) is 0 Å². The highest BCUT2D eigenvalue weighted by atomic mass is 32.3. The maximum Gasteiger partial charge on any atom is 0.281 e. The van der Waals surface area contributed by atoms with E-state index < -0.39 is 14.2 Å². The van der Waals surface area contributed by atoms with Gasteiger partial charge in [-0.2, -0.15) is 21.0 Å². The smallest absolute Gasteiger partial charge is 0.281 e. The lowest BCUT2D eigenvalue weighted by Crippen LogP contribution is -2.41. The van der Waals surface area contributed by atoms with E-state index in [0.29, 0.717) is 0 Å². The van der Waals surface area contributed by atoms with Crippen LogP contribution in [0, 0.1) is 0 Å². The van der Waals surface area contributed by atoms with Crippen molar-refractivity contribution in [2.45, 2.75) is 10.5 Å². The molecule has 5 nitrogen and oxygen atoms in total. The zero-order chi connectivity index (χ0) is 9.12. The van der Waals surface area contributed by atoms with Crippen molar-refractivity contribution in [2.75, 3.05) is 13.1 Å². The molecule has 7 heteroatoms. The molecule has 0 saturated carbocycles. The summed E-state index contributed by atoms with van der Waals surface area (Å²) in [7, 11) is -4.22. The molecule has 68 valence electrons. The lowest BCUT2D eigenvalue weighted by molar-refractivity contribution is 0.455. The van der Waals surface area contributed by atoms with Gasteiger partial charge in [0.2, 0.25) is 0 Å². The minimum absolute atomic E-state index is 0.0332. The Labute approximate surface area is 71.3 Å². The van der Waals surface area contributed by atoms with Crippen LogP contribution in [-0.4, -0.2) is 30.1 Å². The van der Waals surface area contributed by atoms with Gasteiger partial charge >= 0.3 is 0 Å². The van der Waals surface area contributed by atoms with Crippen LogP contribution >= 0.6 is 12.6 Å². The molecule has 0 aliphatic rings. The quantitative estimate of drug-likeness (QED) is 0.337. The van der Waals surface area contributed by atoms with Gasteiger partial charge in [0.05, 0.1) is 0 Å². The van der Waals surface area contributed by atoms with Crippen molar-refractivity contribution in [3.63, 3.8) is 0 Å². The Bertz CT molecular complexity index is 215. The molecule has 1 unspecified atom stereocenters. The van der Waals surface area contributed by atoms with Crippen LogP contribution in [0.3, 0.4) is 0 Å². The van der Waals surface area contributed by atoms with Crippen LogP contribution in [0.5, 0.6) is 0 Å². The van der Waals surface area contributed by atoms with Gasteiger partial charge < -0.3 is 11.5 Å². The molecule has 0 fully saturated rings. The number of nitrogens with two attached hydrogens (primary N) is 2. The monoisotopic (exact) mass is 200 g/mol. The molecule has 0 radical (unpaired) electrons. The molecule has 0 bridgehead atoms. The summed E-state index contributed by atoms with van der Waals surface area (Å²) in [5.74, 6) is 0. The highest BCUT2D eigenvalue weighted by Gasteiger charge is 2.36. The first-order valence-electron chi connectivity index (χ1n) is 2.97. The van der Waals surface area contributed by atoms with E-state index in [1.165, 1.54) is 0 Å². The molecule has 0 rings (SSSR count). The van der Waals surface area contributed by atoms with Crippen LogP contribution in [0.1, 0.15) is 6.42 Å². The van der Waals surface area contributed by atoms with Gasteiger partial charge in [-0.1, -0.05) is 0 Å². The zero-order valence-electron chi connectivity index (χ0n) is 5.90. The third-order valence-corrected chi connectivity index (χ3v) is 3.76. The second kappa shape index (κ2) is 3.72. The molecule has 1 atom stereocenters. The Morgan fingerprint density at radius 3 is 2.00 bits per heavy atom. The van der Waals surface area contributed by atoms with Gasteiger partial charge in [0.25, 0.3) is 10.1 Å². The summed E-state index contributed by atoms with van der Waals surface area (Å²) in [4.78, 5) is 0. The largest absolute Gasteiger partial charge is 0.330 e. The first kappa shape index (κ1) is 11.2. The molecule has 0 heterocycles. The molecular formula is C4H12N2O3S2. The van der Waals surface area contributed by atoms with Gasteiger partial charge in [-0.15, -0.1) is 0 Å². The summed E-state index contributed by atoms with van der Waals surface area (Å²) in [5, 5.41) is 0. The van der Waals surface area contributed by atoms with Crippen molar-refractivity contribution in [1.29, 1.82) is 0 Å². The van der Waals surface area contributed by atoms with Gasteiger partial charge in [-0.3, -0.25) is 4.55 Å². The van der Waals surface area contributed by atoms with Crippen molar-refractivity contribution in [3.8, 4) is 0 Å². The van der Waals surface area contributed by atoms with E-state index in [4.69, 9.17) is 16.0 Å². The minimum atomic E-state index is -4.22. The van der Waals surface area contributed by atoms with E-state index >= 15 is 0 Å². The van der Waals surface area contributed by atoms with Crippen molar-refractivity contribution in [1.82, 2.24) is 0 Å². The highest BCUT2D eigenvalue weighted by molar-refractivity contribution is 8.03. The molecule has 0 saturated heterocycles. The molecule has 0 aromatic rings. The number of hydrogen-bond acceptors (Lipinski definition) is 5. The molecule has 5 N–H and O–H groups in total. The SMILES string of the molecule is NCCC(S)(CN)S(=O)(=O)O. The summed E-state index contributed by atoms with van der Waals surface area (Å²) in [5.41, 5.74) is 10.2. The van der Waals surface area contributed by atoms with Crippen molar-refractivity contribution < 1.29 is 13.0 Å². The van der Waals surface area contributed by atoms with Gasteiger partial charge in [-0.25, -0.2) is 0 Å². The van der Waals surface area contributed by atoms with Crippen molar-refractivity contribution in [2.24, 2.45) is 11.5 Å². The first-order chi connectivity index (χ1) is 4.87. The number of hydrogen-bond donors (Lipinski definition) is 4. The van der Waals surface area contributed by atoms with Crippen LogP contribution < -0.4 is 11.5 Å². The summed E-state index contributed by atoms with van der Waals surface area (Å²) >= 11 is 3.74. The maximum atomic E-state index is 10.6. The Morgan fingerprint density at radius 2 is 1.91 bits per heavy atom. The molecular weight excluding hydrogens is 188 g/mol. The van der Waals surface area contributed by atoms with Crippen LogP contribution in [0.2, 0.25) is 0 Å². The molecule has 0 aromatic heterocycles. The van der Waals surface area contributed by atoms with E-state index in [9.17, 15) is 8.42 Å². The summed E-state index contributed by atoms with van der Waals surface area (Å²) in [6.07, 6.45) is 0.0332. The molecule has 0 aliphatic heterocycles. The predicted octanol–water partition coefficient (Wildman–Crippen LogP) is -1.19. The fourth-order valence-corrected chi connectivity index (χ4v) is 1.28. The maximum absolute atomic E-state index is 10.6. The zero-order valence-corrected chi connectivity index (χ0v) is 7.61. The Morgan fingerprint density at radius 1 is 1.45 bits per heavy atom. The third kappa shape index (κ3) is 2.60. The average molecular weight is 200 g/mol. The van der Waals surface area contributed by atoms with Crippen molar-refractivity contribution in [3.05, 3.63) is 0 Å². The van der Waals surface area contributed by atoms with Gasteiger partial charge in [0, 0.05) is 6.54 Å². The first-order valence-corrected chi connectivity index (χ1v) is 4.85. The Hall–Kier alpha value is 0.180. The van der Waals surface area contributed by atoms with E-state index in [2.05, 4.69) is 12.6 Å². The van der Waals surface area contributed by atoms with Gasteiger partial charge in [-0.05, 0) is 13.0 Å². The summed E-state index contributed by atoms with van der Waals surface area (Å²) < 4.78 is 28.3. The topological polar surface area (TPSA) is 106 Å². The normalized spacial score (nSPS) is 17.8. The molecule has 0 aromatic carbocycles. The summed E-state index contributed by atoms with van der Waals surface area (Å²) in [6, 6.07) is 0. The second-order valence-corrected chi connectivity index (χ2v) is 5.05. The molecule has 0 amide bonds. The molecule has 11 heavy (non-hydrogen) atoms. The lowest BCUT2D eigenvalue weighted by Gasteiger charge is -2.21. The van der Waals surface area contributed by atoms with E-state index in [-0.39, 0.29) is 19.5 Å². The molecule has 0 aliphatic carbocycles. The number of rotatable bonds is 4. The molecule has 0 spiro atoms. The average Bonchev–Trinajstić information content (AvgIpc) is 1.86. The van der Waals surface area contributed by atoms with E-state index in [1.807, 2.05) is 0 Å². The van der Waals surface area contributed by atoms with Gasteiger partial charge in [0.1, 0.15) is 0 Å². The minimum Gasteiger partial charge on any atom is -0.330 e. The van der Waals surface area contributed by atoms with Crippen molar-refractivity contribution >= 4 is 22.7 Å². The lowest BCUT2D eigenvalue weighted by atomic mass is 10.3. The highest BCUT2D eigenvalue weighted by Crippen LogP contribution is 2.23. The Balaban J connectivity index is 4.61. The Kier molecular flexibility index (Phi) is 3.78. The van der Waals surface area contributed by atoms with Gasteiger partial charge in [0.15, 0.2) is 4.08 Å².